The van der Waals surface area contributed by atoms with E-state index in [9.17, 15) is 23.1 Å². The molecule has 250 valence electrons. The molecule has 8 rings (SSSR count). The molecule has 0 atom stereocenters. The fourth-order valence-electron chi connectivity index (χ4n) is 7.09. The van der Waals surface area contributed by atoms with E-state index in [1.165, 1.54) is 23.8 Å². The third kappa shape index (κ3) is 6.34. The van der Waals surface area contributed by atoms with Crippen LogP contribution in [0.2, 0.25) is 0 Å². The second-order valence-corrected chi connectivity index (χ2v) is 12.9. The van der Waals surface area contributed by atoms with Gasteiger partial charge in [-0.1, -0.05) is 91.0 Å². The minimum absolute atomic E-state index is 0.0859. The van der Waals surface area contributed by atoms with Gasteiger partial charge in [-0.25, -0.2) is 9.78 Å². The second kappa shape index (κ2) is 12.9. The van der Waals surface area contributed by atoms with E-state index in [1.54, 1.807) is 18.2 Å². The van der Waals surface area contributed by atoms with Crippen LogP contribution in [0.4, 0.5) is 18.9 Å². The van der Waals surface area contributed by atoms with E-state index < -0.39 is 17.7 Å². The van der Waals surface area contributed by atoms with E-state index in [0.717, 1.165) is 56.3 Å². The summed E-state index contributed by atoms with van der Waals surface area (Å²) in [7, 11) is 0. The van der Waals surface area contributed by atoms with Gasteiger partial charge in [0.25, 0.3) is 0 Å². The topological polar surface area (TPSA) is 62.2 Å². The molecule has 0 fully saturated rings. The number of benzene rings is 6. The molecule has 0 aliphatic heterocycles. The fraction of sp³-hybridized carbons (Fsp3) is 0.0909. The number of para-hydroxylation sites is 1. The minimum atomic E-state index is -4.60. The Morgan fingerprint density at radius 3 is 2.20 bits per heavy atom. The van der Waals surface area contributed by atoms with E-state index in [4.69, 9.17) is 4.98 Å². The molecule has 51 heavy (non-hydrogen) atoms. The van der Waals surface area contributed by atoms with Crippen molar-refractivity contribution >= 4 is 22.6 Å². The molecule has 0 amide bonds. The lowest BCUT2D eigenvalue weighted by molar-refractivity contribution is -0.136. The molecule has 1 aliphatic carbocycles. The fourth-order valence-corrected chi connectivity index (χ4v) is 7.09. The first kappa shape index (κ1) is 32.0. The van der Waals surface area contributed by atoms with Crippen LogP contribution in [0.15, 0.2) is 140 Å². The van der Waals surface area contributed by atoms with Gasteiger partial charge in [0.05, 0.1) is 22.3 Å². The molecule has 1 aromatic heterocycles. The average Bonchev–Trinajstić information content (AvgIpc) is 3.52. The van der Waals surface area contributed by atoms with Crippen LogP contribution in [-0.2, 0) is 25.6 Å². The summed E-state index contributed by atoms with van der Waals surface area (Å²) in [6, 6.07) is 43.1. The summed E-state index contributed by atoms with van der Waals surface area (Å²) in [6.07, 6.45) is -3.26. The second-order valence-electron chi connectivity index (χ2n) is 12.9. The van der Waals surface area contributed by atoms with Crippen LogP contribution < -0.4 is 5.32 Å². The molecule has 0 saturated heterocycles. The highest BCUT2D eigenvalue weighted by Crippen LogP contribution is 2.45. The molecular formula is C44H31F3N2O2. The third-order valence-corrected chi connectivity index (χ3v) is 9.52. The zero-order chi connectivity index (χ0) is 35.1. The maximum atomic E-state index is 14.6. The number of nitrogens with zero attached hydrogens (tertiary/aromatic N) is 1. The van der Waals surface area contributed by atoms with E-state index >= 15 is 0 Å². The van der Waals surface area contributed by atoms with Crippen molar-refractivity contribution in [1.82, 2.24) is 4.98 Å². The predicted molar refractivity (Wildman–Crippen MR) is 196 cm³/mol. The zero-order valence-electron chi connectivity index (χ0n) is 27.3. The first-order valence-electron chi connectivity index (χ1n) is 16.7. The highest BCUT2D eigenvalue weighted by molar-refractivity contribution is 5.99. The van der Waals surface area contributed by atoms with Gasteiger partial charge in [0.15, 0.2) is 0 Å². The molecule has 0 unspecified atom stereocenters. The number of aromatic nitrogens is 1. The monoisotopic (exact) mass is 676 g/mol. The quantitative estimate of drug-likeness (QED) is 0.168. The van der Waals surface area contributed by atoms with Gasteiger partial charge in [-0.15, -0.1) is 0 Å². The lowest BCUT2D eigenvalue weighted by Gasteiger charge is -2.18. The lowest BCUT2D eigenvalue weighted by Crippen LogP contribution is -2.07. The summed E-state index contributed by atoms with van der Waals surface area (Å²) in [4.78, 5) is 16.1. The summed E-state index contributed by atoms with van der Waals surface area (Å²) in [5.74, 6) is -0.996. The Morgan fingerprint density at radius 1 is 0.686 bits per heavy atom. The molecule has 2 N–H and O–H groups in total. The number of pyridine rings is 1. The molecule has 7 aromatic rings. The number of carboxylic acid groups (broad SMARTS) is 1. The Bertz CT molecular complexity index is 2440. The largest absolute Gasteiger partial charge is 0.478 e. The average molecular weight is 677 g/mol. The molecule has 6 aromatic carbocycles. The first-order valence-corrected chi connectivity index (χ1v) is 16.7. The summed E-state index contributed by atoms with van der Waals surface area (Å²) < 4.78 is 43.8. The molecular weight excluding hydrogens is 645 g/mol. The van der Waals surface area contributed by atoms with Crippen molar-refractivity contribution in [3.8, 4) is 33.5 Å². The van der Waals surface area contributed by atoms with Gasteiger partial charge in [0, 0.05) is 23.2 Å². The molecule has 0 saturated carbocycles. The van der Waals surface area contributed by atoms with Crippen molar-refractivity contribution in [2.75, 3.05) is 5.32 Å². The van der Waals surface area contributed by atoms with Crippen molar-refractivity contribution in [2.24, 2.45) is 0 Å². The third-order valence-electron chi connectivity index (χ3n) is 9.52. The first-order chi connectivity index (χ1) is 24.7. The van der Waals surface area contributed by atoms with Gasteiger partial charge in [0.1, 0.15) is 0 Å². The van der Waals surface area contributed by atoms with Gasteiger partial charge >= 0.3 is 12.1 Å². The number of fused-ring (bicyclic) bond motifs is 4. The number of carbonyl (C=O) groups is 1. The number of hydrogen-bond donors (Lipinski definition) is 2. The Labute approximate surface area is 292 Å². The molecule has 7 heteroatoms. The molecule has 0 radical (unpaired) electrons. The predicted octanol–water partition coefficient (Wildman–Crippen LogP) is 11.1. The van der Waals surface area contributed by atoms with Gasteiger partial charge in [-0.3, -0.25) is 0 Å². The highest BCUT2D eigenvalue weighted by Gasteiger charge is 2.34. The molecule has 1 aliphatic rings. The van der Waals surface area contributed by atoms with E-state index in [1.807, 2.05) is 60.7 Å². The Hall–Kier alpha value is -6.21. The van der Waals surface area contributed by atoms with Gasteiger partial charge in [-0.05, 0) is 111 Å². The van der Waals surface area contributed by atoms with Crippen LogP contribution in [-0.4, -0.2) is 16.1 Å². The number of alkyl halides is 3. The summed E-state index contributed by atoms with van der Waals surface area (Å²) >= 11 is 0. The SMILES string of the molecule is O=C(O)c1ccc(NCc2cccc(-c3cc(-c4cc(Cc5ccccc5)cc5c4Cc4ccccc4-5)nc4c(C(F)(F)F)cccc34)c2)cc1. The number of carboxylic acids is 1. The Morgan fingerprint density at radius 2 is 1.41 bits per heavy atom. The minimum Gasteiger partial charge on any atom is -0.478 e. The molecule has 4 nitrogen and oxygen atoms in total. The van der Waals surface area contributed by atoms with Crippen LogP contribution >= 0.6 is 0 Å². The molecule has 0 spiro atoms. The van der Waals surface area contributed by atoms with Gasteiger partial charge in [-0.2, -0.15) is 13.2 Å². The highest BCUT2D eigenvalue weighted by atomic mass is 19.4. The summed E-state index contributed by atoms with van der Waals surface area (Å²) in [5, 5.41) is 13.0. The van der Waals surface area contributed by atoms with E-state index in [0.29, 0.717) is 36.0 Å². The number of hydrogen-bond acceptors (Lipinski definition) is 3. The Kier molecular flexibility index (Phi) is 8.11. The van der Waals surface area contributed by atoms with Gasteiger partial charge in [0.2, 0.25) is 0 Å². The molecule has 0 bridgehead atoms. The zero-order valence-corrected chi connectivity index (χ0v) is 27.3. The van der Waals surface area contributed by atoms with Crippen molar-refractivity contribution < 1.29 is 23.1 Å². The maximum absolute atomic E-state index is 14.6. The van der Waals surface area contributed by atoms with Crippen molar-refractivity contribution in [2.45, 2.75) is 25.6 Å². The van der Waals surface area contributed by atoms with Crippen LogP contribution in [0, 0.1) is 0 Å². The van der Waals surface area contributed by atoms with E-state index in [2.05, 4.69) is 41.7 Å². The number of nitrogens with one attached hydrogen (secondary N) is 1. The lowest BCUT2D eigenvalue weighted by atomic mass is 9.90. The number of halogens is 3. The van der Waals surface area contributed by atoms with Crippen LogP contribution in [0.1, 0.15) is 43.7 Å². The Balaban J connectivity index is 1.27. The van der Waals surface area contributed by atoms with Crippen molar-refractivity contribution in [1.29, 1.82) is 0 Å². The normalized spacial score (nSPS) is 12.1. The number of aromatic carboxylic acids is 1. The molecule has 1 heterocycles. The van der Waals surface area contributed by atoms with Crippen LogP contribution in [0.3, 0.4) is 0 Å². The van der Waals surface area contributed by atoms with Crippen molar-refractivity contribution in [3.05, 3.63) is 178 Å². The summed E-state index contributed by atoms with van der Waals surface area (Å²) in [5.41, 5.74) is 10.4. The number of anilines is 1. The van der Waals surface area contributed by atoms with E-state index in [-0.39, 0.29) is 11.1 Å². The van der Waals surface area contributed by atoms with Crippen LogP contribution in [0.25, 0.3) is 44.4 Å². The smallest absolute Gasteiger partial charge is 0.418 e. The standard InChI is InChI=1S/C44H31F3N2O2/c45-44(46,47)40-15-7-14-35-36(31-12-6-10-28(21-31)26-48-33-18-16-30(17-19-33)43(50)51)25-41(49-42(35)40)39-23-29(20-27-8-2-1-3-9-27)22-37-34-13-5-4-11-32(34)24-38(37)39/h1-19,21-23,25,48H,20,24,26H2,(H,50,51). The number of rotatable bonds is 8. The van der Waals surface area contributed by atoms with Crippen LogP contribution in [0.5, 0.6) is 0 Å². The van der Waals surface area contributed by atoms with Crippen molar-refractivity contribution in [3.63, 3.8) is 0 Å². The van der Waals surface area contributed by atoms with Gasteiger partial charge < -0.3 is 10.4 Å². The summed E-state index contributed by atoms with van der Waals surface area (Å²) in [6.45, 7) is 0.428. The maximum Gasteiger partial charge on any atom is 0.418 e.